The highest BCUT2D eigenvalue weighted by Crippen LogP contribution is 2.28. The first-order valence-electron chi connectivity index (χ1n) is 6.99. The summed E-state index contributed by atoms with van der Waals surface area (Å²) in [5, 5.41) is 9.47. The van der Waals surface area contributed by atoms with Gasteiger partial charge in [0.05, 0.1) is 11.5 Å². The zero-order chi connectivity index (χ0) is 15.3. The van der Waals surface area contributed by atoms with Gasteiger partial charge in [-0.3, -0.25) is 0 Å². The molecule has 118 valence electrons. The largest absolute Gasteiger partial charge is 0.392 e. The van der Waals surface area contributed by atoms with Gasteiger partial charge in [0.25, 0.3) is 0 Å². The Hall–Kier alpha value is -0.660. The van der Waals surface area contributed by atoms with Gasteiger partial charge in [-0.2, -0.15) is 0 Å². The van der Waals surface area contributed by atoms with E-state index in [1.807, 2.05) is 0 Å². The summed E-state index contributed by atoms with van der Waals surface area (Å²) in [5.74, 6) is 0.715. The van der Waals surface area contributed by atoms with Crippen molar-refractivity contribution in [2.75, 3.05) is 19.8 Å². The topological polar surface area (TPSA) is 75.6 Å². The van der Waals surface area contributed by atoms with E-state index in [0.29, 0.717) is 36.1 Å². The molecule has 0 saturated heterocycles. The number of aliphatic hydroxyl groups is 1. The fraction of sp³-hybridized carbons (Fsp3) is 0.571. The van der Waals surface area contributed by atoms with Crippen molar-refractivity contribution in [1.82, 2.24) is 4.72 Å². The Kier molecular flexibility index (Phi) is 6.01. The quantitative estimate of drug-likeness (QED) is 0.677. The second kappa shape index (κ2) is 7.56. The van der Waals surface area contributed by atoms with Gasteiger partial charge in [-0.05, 0) is 48.9 Å². The van der Waals surface area contributed by atoms with Crippen molar-refractivity contribution >= 4 is 21.6 Å². The average molecular weight is 334 g/mol. The Morgan fingerprint density at radius 2 is 2.14 bits per heavy atom. The van der Waals surface area contributed by atoms with E-state index in [1.165, 1.54) is 31.0 Å². The molecule has 5 nitrogen and oxygen atoms in total. The SMILES string of the molecule is O=S(=O)(NCCCOCC1CC1)c1ccc(Cl)c(CO)c1. The molecule has 0 heterocycles. The van der Waals surface area contributed by atoms with Crippen LogP contribution in [0.2, 0.25) is 5.02 Å². The van der Waals surface area contributed by atoms with Crippen molar-refractivity contribution in [3.63, 3.8) is 0 Å². The number of ether oxygens (including phenoxy) is 1. The molecular formula is C14H20ClNO4S. The number of rotatable bonds is 9. The zero-order valence-electron chi connectivity index (χ0n) is 11.7. The van der Waals surface area contributed by atoms with Crippen LogP contribution in [0.1, 0.15) is 24.8 Å². The molecule has 0 unspecified atom stereocenters. The van der Waals surface area contributed by atoms with E-state index in [0.717, 1.165) is 6.61 Å². The average Bonchev–Trinajstić information content (AvgIpc) is 3.27. The lowest BCUT2D eigenvalue weighted by Crippen LogP contribution is -2.25. The Labute approximate surface area is 130 Å². The molecule has 0 aromatic heterocycles. The summed E-state index contributed by atoms with van der Waals surface area (Å²) in [6.07, 6.45) is 3.12. The monoisotopic (exact) mass is 333 g/mol. The fourth-order valence-corrected chi connectivity index (χ4v) is 3.14. The summed E-state index contributed by atoms with van der Waals surface area (Å²) in [6, 6.07) is 4.28. The van der Waals surface area contributed by atoms with E-state index in [1.54, 1.807) is 0 Å². The van der Waals surface area contributed by atoms with Gasteiger partial charge in [0.1, 0.15) is 0 Å². The van der Waals surface area contributed by atoms with Crippen LogP contribution in [0.25, 0.3) is 0 Å². The smallest absolute Gasteiger partial charge is 0.240 e. The summed E-state index contributed by atoms with van der Waals surface area (Å²) in [4.78, 5) is 0.106. The first-order valence-corrected chi connectivity index (χ1v) is 8.86. The lowest BCUT2D eigenvalue weighted by Gasteiger charge is -2.09. The molecule has 0 atom stereocenters. The summed E-state index contributed by atoms with van der Waals surface area (Å²) >= 11 is 5.85. The number of benzene rings is 1. The molecule has 0 amide bonds. The van der Waals surface area contributed by atoms with Gasteiger partial charge < -0.3 is 9.84 Å². The van der Waals surface area contributed by atoms with E-state index in [4.69, 9.17) is 21.4 Å². The molecular weight excluding hydrogens is 314 g/mol. The molecule has 0 radical (unpaired) electrons. The number of aliphatic hydroxyl groups excluding tert-OH is 1. The van der Waals surface area contributed by atoms with E-state index >= 15 is 0 Å². The number of nitrogens with one attached hydrogen (secondary N) is 1. The highest BCUT2D eigenvalue weighted by Gasteiger charge is 2.21. The summed E-state index contributed by atoms with van der Waals surface area (Å²) in [5.41, 5.74) is 0.396. The van der Waals surface area contributed by atoms with Crippen LogP contribution >= 0.6 is 11.6 Å². The van der Waals surface area contributed by atoms with Crippen molar-refractivity contribution in [2.45, 2.75) is 30.8 Å². The van der Waals surface area contributed by atoms with Gasteiger partial charge in [0, 0.05) is 24.8 Å². The van der Waals surface area contributed by atoms with Crippen LogP contribution in [0.15, 0.2) is 23.1 Å². The molecule has 21 heavy (non-hydrogen) atoms. The van der Waals surface area contributed by atoms with Gasteiger partial charge in [-0.15, -0.1) is 0 Å². The molecule has 0 aliphatic heterocycles. The first kappa shape index (κ1) is 16.7. The van der Waals surface area contributed by atoms with Gasteiger partial charge in [0.15, 0.2) is 0 Å². The van der Waals surface area contributed by atoms with Crippen LogP contribution in [0, 0.1) is 5.92 Å². The van der Waals surface area contributed by atoms with Crippen LogP contribution in [-0.2, 0) is 21.4 Å². The molecule has 0 bridgehead atoms. The number of halogens is 1. The molecule has 1 aliphatic carbocycles. The molecule has 1 aliphatic rings. The van der Waals surface area contributed by atoms with Crippen molar-refractivity contribution in [2.24, 2.45) is 5.92 Å². The number of sulfonamides is 1. The van der Waals surface area contributed by atoms with Crippen LogP contribution in [0.3, 0.4) is 0 Å². The molecule has 1 saturated carbocycles. The maximum Gasteiger partial charge on any atom is 0.240 e. The second-order valence-corrected chi connectivity index (χ2v) is 7.36. The molecule has 2 rings (SSSR count). The van der Waals surface area contributed by atoms with Crippen LogP contribution in [-0.4, -0.2) is 33.3 Å². The summed E-state index contributed by atoms with van der Waals surface area (Å²) < 4.78 is 32.1. The highest BCUT2D eigenvalue weighted by molar-refractivity contribution is 7.89. The predicted octanol–water partition coefficient (Wildman–Crippen LogP) is 1.93. The Bertz CT molecular complexity index is 572. The molecule has 1 fully saturated rings. The third-order valence-electron chi connectivity index (χ3n) is 3.31. The lowest BCUT2D eigenvalue weighted by molar-refractivity contribution is 0.123. The molecule has 1 aromatic carbocycles. The van der Waals surface area contributed by atoms with Crippen molar-refractivity contribution in [3.8, 4) is 0 Å². The molecule has 7 heteroatoms. The van der Waals surface area contributed by atoms with Gasteiger partial charge in [0.2, 0.25) is 10.0 Å². The summed E-state index contributed by atoms with van der Waals surface area (Å²) in [7, 11) is -3.58. The van der Waals surface area contributed by atoms with E-state index in [9.17, 15) is 8.42 Å². The maximum absolute atomic E-state index is 12.1. The first-order chi connectivity index (χ1) is 10.0. The minimum atomic E-state index is -3.58. The van der Waals surface area contributed by atoms with Crippen LogP contribution in [0.4, 0.5) is 0 Å². The van der Waals surface area contributed by atoms with Gasteiger partial charge >= 0.3 is 0 Å². The third kappa shape index (κ3) is 5.23. The summed E-state index contributed by atoms with van der Waals surface area (Å²) in [6.45, 7) is 1.37. The molecule has 2 N–H and O–H groups in total. The minimum absolute atomic E-state index is 0.106. The molecule has 1 aromatic rings. The Morgan fingerprint density at radius 1 is 1.38 bits per heavy atom. The normalized spacial score (nSPS) is 15.3. The highest BCUT2D eigenvalue weighted by atomic mass is 35.5. The van der Waals surface area contributed by atoms with Gasteiger partial charge in [-0.25, -0.2) is 13.1 Å². The van der Waals surface area contributed by atoms with E-state index in [2.05, 4.69) is 4.72 Å². The minimum Gasteiger partial charge on any atom is -0.392 e. The van der Waals surface area contributed by atoms with Crippen molar-refractivity contribution in [3.05, 3.63) is 28.8 Å². The Morgan fingerprint density at radius 3 is 2.81 bits per heavy atom. The van der Waals surface area contributed by atoms with Crippen LogP contribution in [0.5, 0.6) is 0 Å². The van der Waals surface area contributed by atoms with Crippen molar-refractivity contribution in [1.29, 1.82) is 0 Å². The standard InChI is InChI=1S/C14H20ClNO4S/c15-14-5-4-13(8-12(14)9-17)21(18,19)16-6-1-7-20-10-11-2-3-11/h4-5,8,11,16-17H,1-3,6-7,9-10H2. The Balaban J connectivity index is 1.80. The molecule has 0 spiro atoms. The maximum atomic E-state index is 12.1. The van der Waals surface area contributed by atoms with Crippen molar-refractivity contribution < 1.29 is 18.3 Å². The second-order valence-electron chi connectivity index (χ2n) is 5.18. The predicted molar refractivity (Wildman–Crippen MR) is 80.7 cm³/mol. The zero-order valence-corrected chi connectivity index (χ0v) is 13.3. The number of hydrogen-bond acceptors (Lipinski definition) is 4. The lowest BCUT2D eigenvalue weighted by atomic mass is 10.2. The van der Waals surface area contributed by atoms with E-state index in [-0.39, 0.29) is 11.5 Å². The van der Waals surface area contributed by atoms with E-state index < -0.39 is 10.0 Å². The van der Waals surface area contributed by atoms with Gasteiger partial charge in [-0.1, -0.05) is 11.6 Å². The van der Waals surface area contributed by atoms with Crippen LogP contribution < -0.4 is 4.72 Å². The number of hydrogen-bond donors (Lipinski definition) is 2. The third-order valence-corrected chi connectivity index (χ3v) is 5.13. The fourth-order valence-electron chi connectivity index (χ4n) is 1.84.